The van der Waals surface area contributed by atoms with E-state index in [0.29, 0.717) is 5.69 Å². The van der Waals surface area contributed by atoms with Gasteiger partial charge < -0.3 is 14.8 Å². The molecule has 0 heterocycles. The topological polar surface area (TPSA) is 47.6 Å². The molecule has 0 spiro atoms. The van der Waals surface area contributed by atoms with Crippen LogP contribution in [0, 0.1) is 0 Å². The zero-order valence-corrected chi connectivity index (χ0v) is 14.5. The van der Waals surface area contributed by atoms with Gasteiger partial charge >= 0.3 is 6.61 Å². The molecule has 2 aromatic carbocycles. The standard InChI is InChI=1S/C18H19F2NO3S/c1-23-15-8-7-14(11-16(15)24-18(19)20)21-17(22)12-25-10-9-13-5-3-2-4-6-13/h2-8,11,18H,9-10,12H2,1H3,(H,21,22). The molecule has 0 bridgehead atoms. The number of carbonyl (C=O) groups is 1. The van der Waals surface area contributed by atoms with E-state index in [1.54, 1.807) is 6.07 Å². The van der Waals surface area contributed by atoms with Gasteiger partial charge in [-0.15, -0.1) is 0 Å². The van der Waals surface area contributed by atoms with Crippen LogP contribution >= 0.6 is 11.8 Å². The number of amides is 1. The van der Waals surface area contributed by atoms with Gasteiger partial charge in [0, 0.05) is 11.8 Å². The van der Waals surface area contributed by atoms with Gasteiger partial charge in [0.25, 0.3) is 0 Å². The average molecular weight is 367 g/mol. The number of methoxy groups -OCH3 is 1. The largest absolute Gasteiger partial charge is 0.493 e. The van der Waals surface area contributed by atoms with E-state index < -0.39 is 6.61 Å². The van der Waals surface area contributed by atoms with Crippen LogP contribution < -0.4 is 14.8 Å². The molecule has 1 N–H and O–H groups in total. The van der Waals surface area contributed by atoms with Gasteiger partial charge in [-0.3, -0.25) is 4.79 Å². The van der Waals surface area contributed by atoms with Gasteiger partial charge in [-0.2, -0.15) is 20.5 Å². The van der Waals surface area contributed by atoms with Crippen molar-refractivity contribution in [2.45, 2.75) is 13.0 Å². The van der Waals surface area contributed by atoms with Crippen LogP contribution in [0.3, 0.4) is 0 Å². The van der Waals surface area contributed by atoms with E-state index in [2.05, 4.69) is 10.1 Å². The number of ether oxygens (including phenoxy) is 2. The highest BCUT2D eigenvalue weighted by molar-refractivity contribution is 7.99. The monoisotopic (exact) mass is 367 g/mol. The minimum atomic E-state index is -2.96. The van der Waals surface area contributed by atoms with Gasteiger partial charge in [0.2, 0.25) is 5.91 Å². The first-order valence-corrected chi connectivity index (χ1v) is 8.78. The molecule has 0 saturated heterocycles. The van der Waals surface area contributed by atoms with E-state index in [4.69, 9.17) is 4.74 Å². The van der Waals surface area contributed by atoms with E-state index >= 15 is 0 Å². The van der Waals surface area contributed by atoms with Crippen molar-refractivity contribution in [1.82, 2.24) is 0 Å². The van der Waals surface area contributed by atoms with E-state index in [1.807, 2.05) is 30.3 Å². The number of rotatable bonds is 9. The van der Waals surface area contributed by atoms with Crippen molar-refractivity contribution in [2.24, 2.45) is 0 Å². The fourth-order valence-electron chi connectivity index (χ4n) is 2.14. The summed E-state index contributed by atoms with van der Waals surface area (Å²) in [4.78, 5) is 12.0. The number of hydrogen-bond donors (Lipinski definition) is 1. The van der Waals surface area contributed by atoms with Crippen molar-refractivity contribution in [3.05, 3.63) is 54.1 Å². The number of hydrogen-bond acceptors (Lipinski definition) is 4. The average Bonchev–Trinajstić information content (AvgIpc) is 2.59. The number of halogens is 2. The summed E-state index contributed by atoms with van der Waals surface area (Å²) in [5, 5.41) is 2.67. The molecule has 7 heteroatoms. The second kappa shape index (κ2) is 9.88. The summed E-state index contributed by atoms with van der Waals surface area (Å²) in [6.07, 6.45) is 0.883. The minimum absolute atomic E-state index is 0.118. The van der Waals surface area contributed by atoms with Crippen molar-refractivity contribution in [3.8, 4) is 11.5 Å². The molecule has 0 fully saturated rings. The molecule has 25 heavy (non-hydrogen) atoms. The molecular formula is C18H19F2NO3S. The first kappa shape index (κ1) is 19.1. The van der Waals surface area contributed by atoms with Gasteiger partial charge in [0.15, 0.2) is 11.5 Å². The molecule has 0 atom stereocenters. The normalized spacial score (nSPS) is 10.6. The molecule has 2 aromatic rings. The fraction of sp³-hybridized carbons (Fsp3) is 0.278. The Kier molecular flexibility index (Phi) is 7.53. The van der Waals surface area contributed by atoms with Gasteiger partial charge in [0.1, 0.15) is 0 Å². The van der Waals surface area contributed by atoms with Crippen molar-refractivity contribution >= 4 is 23.4 Å². The summed E-state index contributed by atoms with van der Waals surface area (Å²) in [6, 6.07) is 14.4. The lowest BCUT2D eigenvalue weighted by molar-refractivity contribution is -0.113. The second-order valence-electron chi connectivity index (χ2n) is 5.08. The van der Waals surface area contributed by atoms with Crippen LogP contribution in [0.1, 0.15) is 5.56 Å². The van der Waals surface area contributed by atoms with Gasteiger partial charge in [-0.25, -0.2) is 0 Å². The van der Waals surface area contributed by atoms with Crippen LogP contribution in [-0.4, -0.2) is 31.1 Å². The molecule has 0 aliphatic heterocycles. The Morgan fingerprint density at radius 3 is 2.60 bits per heavy atom. The molecule has 2 rings (SSSR count). The lowest BCUT2D eigenvalue weighted by Crippen LogP contribution is -2.15. The fourth-order valence-corrected chi connectivity index (χ4v) is 2.92. The van der Waals surface area contributed by atoms with Crippen molar-refractivity contribution in [2.75, 3.05) is 23.9 Å². The maximum atomic E-state index is 12.4. The van der Waals surface area contributed by atoms with E-state index in [0.717, 1.165) is 12.2 Å². The molecule has 0 saturated carbocycles. The summed E-state index contributed by atoms with van der Waals surface area (Å²) >= 11 is 1.51. The first-order chi connectivity index (χ1) is 12.1. The molecule has 4 nitrogen and oxygen atoms in total. The molecule has 1 amide bonds. The highest BCUT2D eigenvalue weighted by Gasteiger charge is 2.12. The summed E-state index contributed by atoms with van der Waals surface area (Å²) < 4.78 is 34.2. The smallest absolute Gasteiger partial charge is 0.387 e. The van der Waals surface area contributed by atoms with Gasteiger partial charge in [-0.05, 0) is 29.9 Å². The van der Waals surface area contributed by atoms with Crippen LogP contribution in [0.5, 0.6) is 11.5 Å². The quantitative estimate of drug-likeness (QED) is 0.675. The number of anilines is 1. The Morgan fingerprint density at radius 2 is 1.92 bits per heavy atom. The van der Waals surface area contributed by atoms with Gasteiger partial charge in [0.05, 0.1) is 12.9 Å². The minimum Gasteiger partial charge on any atom is -0.493 e. The molecule has 0 radical (unpaired) electrons. The molecule has 0 aliphatic rings. The Balaban J connectivity index is 1.81. The SMILES string of the molecule is COc1ccc(NC(=O)CSCCc2ccccc2)cc1OC(F)F. The van der Waals surface area contributed by atoms with Crippen LogP contribution in [0.15, 0.2) is 48.5 Å². The lowest BCUT2D eigenvalue weighted by Gasteiger charge is -2.12. The highest BCUT2D eigenvalue weighted by atomic mass is 32.2. The number of carbonyl (C=O) groups excluding carboxylic acids is 1. The first-order valence-electron chi connectivity index (χ1n) is 7.63. The van der Waals surface area contributed by atoms with Crippen molar-refractivity contribution in [1.29, 1.82) is 0 Å². The zero-order chi connectivity index (χ0) is 18.1. The Morgan fingerprint density at radius 1 is 1.16 bits per heavy atom. The van der Waals surface area contributed by atoms with Crippen LogP contribution in [-0.2, 0) is 11.2 Å². The summed E-state index contributed by atoms with van der Waals surface area (Å²) in [5.74, 6) is 0.956. The maximum Gasteiger partial charge on any atom is 0.387 e. The third kappa shape index (κ3) is 6.62. The third-order valence-electron chi connectivity index (χ3n) is 3.27. The Labute approximate surface area is 149 Å². The molecule has 0 aliphatic carbocycles. The predicted octanol–water partition coefficient (Wildman–Crippen LogP) is 4.21. The van der Waals surface area contributed by atoms with Crippen molar-refractivity contribution < 1.29 is 23.0 Å². The third-order valence-corrected chi connectivity index (χ3v) is 4.23. The summed E-state index contributed by atoms with van der Waals surface area (Å²) in [5.41, 5.74) is 1.60. The number of alkyl halides is 2. The number of thioether (sulfide) groups is 1. The molecule has 134 valence electrons. The Bertz CT molecular complexity index is 683. The van der Waals surface area contributed by atoms with Crippen LogP contribution in [0.4, 0.5) is 14.5 Å². The number of benzene rings is 2. The molecular weight excluding hydrogens is 348 g/mol. The number of aryl methyl sites for hydroxylation is 1. The molecule has 0 unspecified atom stereocenters. The second-order valence-corrected chi connectivity index (χ2v) is 6.19. The van der Waals surface area contributed by atoms with E-state index in [9.17, 15) is 13.6 Å². The highest BCUT2D eigenvalue weighted by Crippen LogP contribution is 2.31. The van der Waals surface area contributed by atoms with Crippen LogP contribution in [0.2, 0.25) is 0 Å². The van der Waals surface area contributed by atoms with Crippen molar-refractivity contribution in [3.63, 3.8) is 0 Å². The predicted molar refractivity (Wildman–Crippen MR) is 95.7 cm³/mol. The summed E-state index contributed by atoms with van der Waals surface area (Å²) in [7, 11) is 1.36. The van der Waals surface area contributed by atoms with Gasteiger partial charge in [-0.1, -0.05) is 30.3 Å². The van der Waals surface area contributed by atoms with Crippen LogP contribution in [0.25, 0.3) is 0 Å². The Hall–Kier alpha value is -2.28. The number of nitrogens with one attached hydrogen (secondary N) is 1. The lowest BCUT2D eigenvalue weighted by atomic mass is 10.2. The van der Waals surface area contributed by atoms with E-state index in [1.165, 1.54) is 36.6 Å². The molecule has 0 aromatic heterocycles. The maximum absolute atomic E-state index is 12.4. The summed E-state index contributed by atoms with van der Waals surface area (Å²) in [6.45, 7) is -2.96. The van der Waals surface area contributed by atoms with E-state index in [-0.39, 0.29) is 23.2 Å². The zero-order valence-electron chi connectivity index (χ0n) is 13.7.